The summed E-state index contributed by atoms with van der Waals surface area (Å²) in [6.45, 7) is 42.3. The molecule has 0 fully saturated rings. The van der Waals surface area contributed by atoms with Gasteiger partial charge in [0.25, 0.3) is 0 Å². The second-order valence-electron chi connectivity index (χ2n) is 17.8. The predicted molar refractivity (Wildman–Crippen MR) is 391 cm³/mol. The summed E-state index contributed by atoms with van der Waals surface area (Å²) >= 11 is 0. The molecule has 11 aromatic heterocycles. The van der Waals surface area contributed by atoms with Gasteiger partial charge in [0.05, 0.1) is 44.8 Å². The third-order valence-electron chi connectivity index (χ3n) is 12.5. The topological polar surface area (TPSA) is 172 Å². The van der Waals surface area contributed by atoms with E-state index in [0.29, 0.717) is 0 Å². The van der Waals surface area contributed by atoms with Crippen LogP contribution in [0.3, 0.4) is 0 Å². The lowest BCUT2D eigenvalue weighted by molar-refractivity contribution is 0.886. The van der Waals surface area contributed by atoms with Gasteiger partial charge in [0.15, 0.2) is 5.65 Å². The molecule has 14 rings (SSSR count). The van der Waals surface area contributed by atoms with E-state index in [2.05, 4.69) is 109 Å². The maximum absolute atomic E-state index is 4.38. The van der Waals surface area contributed by atoms with Crippen molar-refractivity contribution in [3.63, 3.8) is 0 Å². The summed E-state index contributed by atoms with van der Waals surface area (Å²) in [4.78, 5) is 53.7. The zero-order chi connectivity index (χ0) is 67.9. The highest BCUT2D eigenvalue weighted by Gasteiger charge is 2.02. The van der Waals surface area contributed by atoms with Gasteiger partial charge >= 0.3 is 0 Å². The molecule has 0 N–H and O–H groups in total. The molecule has 0 spiro atoms. The lowest BCUT2D eigenvalue weighted by Crippen LogP contribution is -1.89. The predicted octanol–water partition coefficient (Wildman–Crippen LogP) is 20.7. The zero-order valence-corrected chi connectivity index (χ0v) is 58.4. The Morgan fingerprint density at radius 2 is 0.802 bits per heavy atom. The fraction of sp³-hybridized carbons (Fsp3) is 0.286. The van der Waals surface area contributed by atoms with Crippen LogP contribution in [0.15, 0.2) is 208 Å². The fourth-order valence-corrected chi connectivity index (χ4v) is 8.10. The quantitative estimate of drug-likeness (QED) is 0.140. The van der Waals surface area contributed by atoms with E-state index in [4.69, 9.17) is 0 Å². The molecule has 0 amide bonds. The van der Waals surface area contributed by atoms with Gasteiger partial charge in [-0.3, -0.25) is 39.9 Å². The first-order chi connectivity index (χ1) is 44.5. The largest absolute Gasteiger partial charge is 0.331 e. The van der Waals surface area contributed by atoms with Crippen molar-refractivity contribution in [2.75, 3.05) is 0 Å². The molecule has 14 heteroatoms. The van der Waals surface area contributed by atoms with Crippen LogP contribution in [0, 0.1) is 48.5 Å². The van der Waals surface area contributed by atoms with Gasteiger partial charge in [-0.15, -0.1) is 0 Å². The lowest BCUT2D eigenvalue weighted by atomic mass is 10.1. The van der Waals surface area contributed by atoms with Crippen LogP contribution in [0.1, 0.15) is 136 Å². The van der Waals surface area contributed by atoms with Crippen LogP contribution in [-0.2, 0) is 7.05 Å². The average molecular weight is 1220 g/mol. The van der Waals surface area contributed by atoms with Crippen LogP contribution in [0.2, 0.25) is 0 Å². The molecule has 0 radical (unpaired) electrons. The summed E-state index contributed by atoms with van der Waals surface area (Å²) < 4.78 is 2.09. The lowest BCUT2D eigenvalue weighted by Gasteiger charge is -1.97. The zero-order valence-electron chi connectivity index (χ0n) is 58.4. The van der Waals surface area contributed by atoms with Crippen molar-refractivity contribution < 1.29 is 0 Å². The molecule has 11 heterocycles. The van der Waals surface area contributed by atoms with Crippen LogP contribution < -0.4 is 0 Å². The third-order valence-corrected chi connectivity index (χ3v) is 12.5. The summed E-state index contributed by atoms with van der Waals surface area (Å²) in [6, 6.07) is 36.0. The highest BCUT2D eigenvalue weighted by molar-refractivity contribution is 5.84. The van der Waals surface area contributed by atoms with Crippen molar-refractivity contribution in [1.82, 2.24) is 69.4 Å². The van der Waals surface area contributed by atoms with Gasteiger partial charge in [-0.1, -0.05) is 139 Å². The molecule has 14 nitrogen and oxygen atoms in total. The first kappa shape index (κ1) is 79.1. The van der Waals surface area contributed by atoms with E-state index in [1.54, 1.807) is 62.1 Å². The Balaban J connectivity index is 0.000000514. The molecule has 0 aliphatic rings. The molecule has 91 heavy (non-hydrogen) atoms. The van der Waals surface area contributed by atoms with E-state index in [0.717, 1.165) is 66.1 Å². The van der Waals surface area contributed by atoms with Crippen molar-refractivity contribution >= 4 is 76.6 Å². The molecule has 0 saturated carbocycles. The van der Waals surface area contributed by atoms with Gasteiger partial charge in [0.2, 0.25) is 0 Å². The first-order valence-corrected chi connectivity index (χ1v) is 31.9. The van der Waals surface area contributed by atoms with Crippen molar-refractivity contribution in [1.29, 1.82) is 0 Å². The van der Waals surface area contributed by atoms with Gasteiger partial charge in [0, 0.05) is 126 Å². The second-order valence-corrected chi connectivity index (χ2v) is 17.8. The molecule has 0 aliphatic carbocycles. The third kappa shape index (κ3) is 25.2. The van der Waals surface area contributed by atoms with E-state index in [-0.39, 0.29) is 0 Å². The molecule has 0 atom stereocenters. The van der Waals surface area contributed by atoms with Crippen molar-refractivity contribution in [2.45, 2.75) is 145 Å². The van der Waals surface area contributed by atoms with Crippen LogP contribution in [-0.4, -0.2) is 69.4 Å². The summed E-state index contributed by atoms with van der Waals surface area (Å²) in [5, 5.41) is 6.89. The summed E-state index contributed by atoms with van der Waals surface area (Å²) in [6.07, 6.45) is 28.5. The average Bonchev–Trinajstić information content (AvgIpc) is 2.08. The Hall–Kier alpha value is -9.95. The van der Waals surface area contributed by atoms with E-state index < -0.39 is 0 Å². The normalized spacial score (nSPS) is 9.21. The molecule has 0 bridgehead atoms. The Kier molecular flexibility index (Phi) is 40.9. The Morgan fingerprint density at radius 1 is 0.275 bits per heavy atom. The molecule has 0 unspecified atom stereocenters. The van der Waals surface area contributed by atoms with Crippen molar-refractivity contribution in [2.24, 2.45) is 7.05 Å². The number of hydrogen-bond acceptors (Lipinski definition) is 13. The highest BCUT2D eigenvalue weighted by Crippen LogP contribution is 2.18. The first-order valence-electron chi connectivity index (χ1n) is 31.9. The minimum absolute atomic E-state index is 0.826. The van der Waals surface area contributed by atoms with Gasteiger partial charge < -0.3 is 4.57 Å². The Morgan fingerprint density at radius 3 is 1.43 bits per heavy atom. The number of benzene rings is 3. The summed E-state index contributed by atoms with van der Waals surface area (Å²) in [7, 11) is 2.03. The Labute approximate surface area is 543 Å². The van der Waals surface area contributed by atoms with E-state index >= 15 is 0 Å². The number of aryl methyl sites for hydroxylation is 8. The smallest absolute Gasteiger partial charge is 0.159 e. The van der Waals surface area contributed by atoms with Crippen molar-refractivity contribution in [3.05, 3.63) is 248 Å². The van der Waals surface area contributed by atoms with Crippen LogP contribution in [0.25, 0.3) is 76.6 Å². The Bertz CT molecular complexity index is 3570. The molecule has 0 saturated heterocycles. The van der Waals surface area contributed by atoms with E-state index in [9.17, 15) is 0 Å². The molecular formula is C77H100N14. The molecule has 14 aromatic rings. The number of pyridine rings is 8. The number of fused-ring (bicyclic) bond motifs is 7. The maximum atomic E-state index is 4.38. The van der Waals surface area contributed by atoms with Gasteiger partial charge in [-0.25, -0.2) is 24.9 Å². The van der Waals surface area contributed by atoms with Gasteiger partial charge in [-0.2, -0.15) is 0 Å². The number of hydrogen-bond donors (Lipinski definition) is 0. The number of rotatable bonds is 0. The molecular weight excluding hydrogens is 1120 g/mol. The molecule has 478 valence electrons. The SMILES string of the molecule is CC.CC.CC.CC.CC.CC.CC.Cc1cccc2cncnc12.Cc1cccc2nccnc12.Cc1ccnc2ccncc12.Cc1ccnc2cnccc12.Cc1ccnc2ncccc12.Cc1cncc2ccncc12.Cc1nc2ccccc2n1C. The van der Waals surface area contributed by atoms with Gasteiger partial charge in [0.1, 0.15) is 12.2 Å². The fourth-order valence-electron chi connectivity index (χ4n) is 8.10. The van der Waals surface area contributed by atoms with Crippen LogP contribution >= 0.6 is 0 Å². The number of nitrogens with zero attached hydrogens (tertiary/aromatic N) is 14. The monoisotopic (exact) mass is 1220 g/mol. The minimum Gasteiger partial charge on any atom is -0.331 e. The summed E-state index contributed by atoms with van der Waals surface area (Å²) in [5.41, 5.74) is 15.3. The second kappa shape index (κ2) is 47.1. The van der Waals surface area contributed by atoms with E-state index in [1.807, 2.05) is 259 Å². The van der Waals surface area contributed by atoms with Gasteiger partial charge in [-0.05, 0) is 149 Å². The highest BCUT2D eigenvalue weighted by atomic mass is 15.0. The summed E-state index contributed by atoms with van der Waals surface area (Å²) in [5.74, 6) is 1.06. The number of imidazole rings is 1. The molecule has 3 aromatic carbocycles. The minimum atomic E-state index is 0.826. The maximum Gasteiger partial charge on any atom is 0.159 e. The standard InChI is InChI=1S/C9H10N2.6C9H8N2.7C2H6/c1-7-10-8-5-3-4-6-9(8)11(7)2;1-7-2-5-11-9-3-4-10-6-8(7)9;1-7-2-5-11-9-6-10-4-3-8(7)9;1-7-4-11-5-8-2-3-10-6-9(7)8;1-7-4-6-11-9-8(7)3-2-5-10-9;1-7-3-2-4-8-5-10-6-11-9(7)8;1-7-3-2-4-8-9(7)11-6-5-10-8;7*1-2/h3-6H,1-2H3;6*2-6H,1H3;7*1-2H3. The number of aromatic nitrogens is 14. The van der Waals surface area contributed by atoms with Crippen LogP contribution in [0.5, 0.6) is 0 Å². The van der Waals surface area contributed by atoms with E-state index in [1.165, 1.54) is 49.7 Å². The molecule has 0 aliphatic heterocycles. The number of para-hydroxylation sites is 4. The van der Waals surface area contributed by atoms with Crippen LogP contribution in [0.4, 0.5) is 0 Å². The van der Waals surface area contributed by atoms with Crippen molar-refractivity contribution in [3.8, 4) is 0 Å².